The summed E-state index contributed by atoms with van der Waals surface area (Å²) in [5.41, 5.74) is 3.96. The van der Waals surface area contributed by atoms with Crippen molar-refractivity contribution < 1.29 is 18.0 Å². The Morgan fingerprint density at radius 2 is 1.37 bits per heavy atom. The summed E-state index contributed by atoms with van der Waals surface area (Å²) in [6.07, 6.45) is -3.68. The number of hydrogen-bond acceptors (Lipinski definition) is 1. The van der Waals surface area contributed by atoms with Gasteiger partial charge in [-0.1, -0.05) is 60.7 Å². The highest BCUT2D eigenvalue weighted by atomic mass is 19.4. The largest absolute Gasteiger partial charge is 0.417 e. The molecule has 3 aromatic rings. The van der Waals surface area contributed by atoms with E-state index in [0.717, 1.165) is 12.5 Å². The van der Waals surface area contributed by atoms with Crippen LogP contribution in [0.5, 0.6) is 0 Å². The van der Waals surface area contributed by atoms with Crippen molar-refractivity contribution in [2.24, 2.45) is 5.92 Å². The highest BCUT2D eigenvalue weighted by Gasteiger charge is 2.43. The van der Waals surface area contributed by atoms with Crippen molar-refractivity contribution in [2.45, 2.75) is 24.4 Å². The zero-order valence-electron chi connectivity index (χ0n) is 16.1. The number of fused-ring (bicyclic) bond motifs is 1. The van der Waals surface area contributed by atoms with Crippen molar-refractivity contribution in [1.29, 1.82) is 0 Å². The predicted octanol–water partition coefficient (Wildman–Crippen LogP) is 5.73. The molecule has 3 aliphatic carbocycles. The molecule has 1 unspecified atom stereocenters. The summed E-state index contributed by atoms with van der Waals surface area (Å²) in [6.45, 7) is 0.342. The summed E-state index contributed by atoms with van der Waals surface area (Å²) in [5.74, 6) is -0.139. The second kappa shape index (κ2) is 7.01. The van der Waals surface area contributed by atoms with Gasteiger partial charge in [0.2, 0.25) is 0 Å². The fourth-order valence-electron chi connectivity index (χ4n) is 5.21. The standard InChI is InChI=1S/C25H20F3NO/c26-25(27,28)22-12-6-5-11-20(22)24(30)29-14-15-13-21-16-7-1-3-9-18(16)23(15)19-10-4-2-8-17(19)21/h1-12,15,21,23H,13-14H2,(H,29,30). The Bertz CT molecular complexity index is 1070. The molecule has 30 heavy (non-hydrogen) atoms. The van der Waals surface area contributed by atoms with Crippen LogP contribution < -0.4 is 5.32 Å². The summed E-state index contributed by atoms with van der Waals surface area (Å²) in [4.78, 5) is 12.6. The number of alkyl halides is 3. The van der Waals surface area contributed by atoms with Gasteiger partial charge in [-0.25, -0.2) is 0 Å². The quantitative estimate of drug-likeness (QED) is 0.590. The number of halogens is 3. The normalized spacial score (nSPS) is 21.6. The van der Waals surface area contributed by atoms with Gasteiger partial charge in [-0.15, -0.1) is 0 Å². The Labute approximate surface area is 172 Å². The number of benzene rings is 3. The van der Waals surface area contributed by atoms with Crippen molar-refractivity contribution in [3.63, 3.8) is 0 Å². The number of amides is 1. The number of hydrogen-bond donors (Lipinski definition) is 1. The third-order valence-corrected chi connectivity index (χ3v) is 6.42. The molecule has 3 aliphatic rings. The van der Waals surface area contributed by atoms with E-state index in [1.54, 1.807) is 0 Å². The lowest BCUT2D eigenvalue weighted by Gasteiger charge is -2.45. The molecule has 0 heterocycles. The molecule has 2 bridgehead atoms. The summed E-state index contributed by atoms with van der Waals surface area (Å²) in [5, 5.41) is 2.79. The topological polar surface area (TPSA) is 29.1 Å². The van der Waals surface area contributed by atoms with Crippen LogP contribution in [-0.4, -0.2) is 12.5 Å². The number of carbonyl (C=O) groups is 1. The first-order valence-corrected chi connectivity index (χ1v) is 10.1. The number of rotatable bonds is 3. The van der Waals surface area contributed by atoms with Crippen LogP contribution >= 0.6 is 0 Å². The molecule has 0 aromatic heterocycles. The van der Waals surface area contributed by atoms with Crippen molar-refractivity contribution in [3.05, 3.63) is 106 Å². The monoisotopic (exact) mass is 407 g/mol. The van der Waals surface area contributed by atoms with E-state index in [1.807, 2.05) is 24.3 Å². The van der Waals surface area contributed by atoms with E-state index in [2.05, 4.69) is 29.6 Å². The fraction of sp³-hybridized carbons (Fsp3) is 0.240. The van der Waals surface area contributed by atoms with Gasteiger partial charge in [0.05, 0.1) is 11.1 Å². The van der Waals surface area contributed by atoms with E-state index in [9.17, 15) is 18.0 Å². The Morgan fingerprint density at radius 1 is 0.833 bits per heavy atom. The van der Waals surface area contributed by atoms with E-state index in [4.69, 9.17) is 0 Å². The van der Waals surface area contributed by atoms with Crippen molar-refractivity contribution >= 4 is 5.91 Å². The minimum absolute atomic E-state index is 0.139. The third kappa shape index (κ3) is 3.00. The molecule has 3 aromatic carbocycles. The van der Waals surface area contributed by atoms with E-state index in [1.165, 1.54) is 40.5 Å². The van der Waals surface area contributed by atoms with E-state index >= 15 is 0 Å². The molecule has 0 saturated carbocycles. The maximum atomic E-state index is 13.3. The maximum Gasteiger partial charge on any atom is 0.417 e. The summed E-state index contributed by atoms with van der Waals surface area (Å²) in [7, 11) is 0. The molecule has 0 saturated heterocycles. The van der Waals surface area contributed by atoms with Gasteiger partial charge in [-0.3, -0.25) is 4.79 Å². The first kappa shape index (κ1) is 18.9. The molecule has 0 aliphatic heterocycles. The number of nitrogens with one attached hydrogen (secondary N) is 1. The van der Waals surface area contributed by atoms with Gasteiger partial charge in [0.25, 0.3) is 5.91 Å². The molecule has 1 N–H and O–H groups in total. The minimum Gasteiger partial charge on any atom is -0.352 e. The van der Waals surface area contributed by atoms with Gasteiger partial charge < -0.3 is 5.32 Å². The van der Waals surface area contributed by atoms with Crippen LogP contribution in [0.2, 0.25) is 0 Å². The highest BCUT2D eigenvalue weighted by Crippen LogP contribution is 2.55. The smallest absolute Gasteiger partial charge is 0.352 e. The summed E-state index contributed by atoms with van der Waals surface area (Å²) in [6, 6.07) is 21.7. The molecule has 0 radical (unpaired) electrons. The molecule has 5 heteroatoms. The van der Waals surface area contributed by atoms with Crippen LogP contribution in [0, 0.1) is 5.92 Å². The van der Waals surface area contributed by atoms with Gasteiger partial charge in [0.1, 0.15) is 0 Å². The molecule has 6 rings (SSSR count). The SMILES string of the molecule is O=C(NCC1CC2c3ccccc3C1c1ccccc12)c1ccccc1C(F)(F)F. The van der Waals surface area contributed by atoms with Crippen LogP contribution in [-0.2, 0) is 6.18 Å². The Kier molecular flexibility index (Phi) is 4.42. The molecule has 0 spiro atoms. The van der Waals surface area contributed by atoms with E-state index in [-0.39, 0.29) is 23.3 Å². The van der Waals surface area contributed by atoms with Crippen LogP contribution in [0.25, 0.3) is 0 Å². The average molecular weight is 407 g/mol. The minimum atomic E-state index is -4.56. The van der Waals surface area contributed by atoms with Gasteiger partial charge in [-0.2, -0.15) is 13.2 Å². The lowest BCUT2D eigenvalue weighted by molar-refractivity contribution is -0.137. The summed E-state index contributed by atoms with van der Waals surface area (Å²) < 4.78 is 39.8. The first-order valence-electron chi connectivity index (χ1n) is 10.1. The molecule has 0 fully saturated rings. The molecular weight excluding hydrogens is 387 g/mol. The first-order chi connectivity index (χ1) is 14.4. The van der Waals surface area contributed by atoms with Gasteiger partial charge >= 0.3 is 6.18 Å². The zero-order valence-corrected chi connectivity index (χ0v) is 16.1. The molecular formula is C25H20F3NO. The van der Waals surface area contributed by atoms with Gasteiger partial charge in [0.15, 0.2) is 0 Å². The van der Waals surface area contributed by atoms with Crippen molar-refractivity contribution in [2.75, 3.05) is 6.54 Å². The molecule has 1 atom stereocenters. The Hall–Kier alpha value is -3.08. The fourth-order valence-corrected chi connectivity index (χ4v) is 5.21. The Morgan fingerprint density at radius 3 is 1.97 bits per heavy atom. The van der Waals surface area contributed by atoms with Gasteiger partial charge in [0, 0.05) is 18.4 Å². The van der Waals surface area contributed by atoms with E-state index in [0.29, 0.717) is 6.54 Å². The van der Waals surface area contributed by atoms with E-state index < -0.39 is 17.6 Å². The lowest BCUT2D eigenvalue weighted by Crippen LogP contribution is -2.39. The van der Waals surface area contributed by atoms with Crippen molar-refractivity contribution in [1.82, 2.24) is 5.32 Å². The van der Waals surface area contributed by atoms with Crippen LogP contribution in [0.4, 0.5) is 13.2 Å². The Balaban J connectivity index is 1.42. The van der Waals surface area contributed by atoms with Crippen LogP contribution in [0.15, 0.2) is 72.8 Å². The highest BCUT2D eigenvalue weighted by molar-refractivity contribution is 5.95. The zero-order chi connectivity index (χ0) is 20.9. The van der Waals surface area contributed by atoms with Crippen LogP contribution in [0.1, 0.15) is 56.4 Å². The maximum absolute atomic E-state index is 13.3. The molecule has 152 valence electrons. The second-order valence-corrected chi connectivity index (χ2v) is 8.04. The average Bonchev–Trinajstić information content (AvgIpc) is 2.77. The lowest BCUT2D eigenvalue weighted by atomic mass is 9.59. The number of carbonyl (C=O) groups excluding carboxylic acids is 1. The third-order valence-electron chi connectivity index (χ3n) is 6.42. The van der Waals surface area contributed by atoms with Crippen LogP contribution in [0.3, 0.4) is 0 Å². The predicted molar refractivity (Wildman–Crippen MR) is 108 cm³/mol. The van der Waals surface area contributed by atoms with Crippen molar-refractivity contribution in [3.8, 4) is 0 Å². The summed E-state index contributed by atoms with van der Waals surface area (Å²) >= 11 is 0. The molecule has 1 amide bonds. The second-order valence-electron chi connectivity index (χ2n) is 8.04. The molecule has 2 nitrogen and oxygen atoms in total. The van der Waals surface area contributed by atoms with Gasteiger partial charge in [-0.05, 0) is 46.7 Å².